The molecule has 2 aromatic rings. The van der Waals surface area contributed by atoms with Crippen molar-refractivity contribution < 1.29 is 14.5 Å². The van der Waals surface area contributed by atoms with E-state index in [1.54, 1.807) is 0 Å². The van der Waals surface area contributed by atoms with Gasteiger partial charge in [0.15, 0.2) is 0 Å². The zero-order chi connectivity index (χ0) is 15.4. The van der Waals surface area contributed by atoms with Crippen LogP contribution in [0.1, 0.15) is 11.3 Å². The Kier molecular flexibility index (Phi) is 4.17. The summed E-state index contributed by atoms with van der Waals surface area (Å²) in [6, 6.07) is 9.12. The minimum Gasteiger partial charge on any atom is -0.444 e. The number of benzene rings is 1. The smallest absolute Gasteiger partial charge is 0.413 e. The first-order valence-electron chi connectivity index (χ1n) is 6.14. The van der Waals surface area contributed by atoms with Crippen LogP contribution in [-0.4, -0.2) is 20.8 Å². The summed E-state index contributed by atoms with van der Waals surface area (Å²) >= 11 is 0. The molecule has 8 heteroatoms. The Bertz CT molecular complexity index is 666. The molecule has 1 aromatic carbocycles. The first kappa shape index (κ1) is 14.5. The molecule has 0 bridgehead atoms. The summed E-state index contributed by atoms with van der Waals surface area (Å²) in [5.41, 5.74) is 0.804. The standard InChI is InChI=1S/C13H14N4O4/c1-9-11(17(19)20)12(16(2)15-9)14-13(18)21-8-10-6-4-3-5-7-10/h3-7H,8H2,1-2H3,(H,14,18). The number of aromatic nitrogens is 2. The topological polar surface area (TPSA) is 99.3 Å². The Morgan fingerprint density at radius 1 is 1.43 bits per heavy atom. The highest BCUT2D eigenvalue weighted by Gasteiger charge is 2.25. The van der Waals surface area contributed by atoms with Crippen molar-refractivity contribution in [1.29, 1.82) is 0 Å². The van der Waals surface area contributed by atoms with Crippen LogP contribution in [0.5, 0.6) is 0 Å². The van der Waals surface area contributed by atoms with Gasteiger partial charge in [-0.05, 0) is 12.5 Å². The van der Waals surface area contributed by atoms with Gasteiger partial charge >= 0.3 is 11.8 Å². The van der Waals surface area contributed by atoms with E-state index in [2.05, 4.69) is 10.4 Å². The molecule has 0 radical (unpaired) electrons. The fourth-order valence-electron chi connectivity index (χ4n) is 1.86. The van der Waals surface area contributed by atoms with Gasteiger partial charge in [-0.1, -0.05) is 30.3 Å². The summed E-state index contributed by atoms with van der Waals surface area (Å²) in [7, 11) is 1.51. The Morgan fingerprint density at radius 3 is 2.71 bits per heavy atom. The van der Waals surface area contributed by atoms with Crippen molar-refractivity contribution >= 4 is 17.6 Å². The number of amides is 1. The molecule has 0 atom stereocenters. The van der Waals surface area contributed by atoms with Gasteiger partial charge < -0.3 is 4.74 Å². The fourth-order valence-corrected chi connectivity index (χ4v) is 1.86. The summed E-state index contributed by atoms with van der Waals surface area (Å²) in [5, 5.41) is 17.2. The Morgan fingerprint density at radius 2 is 2.10 bits per heavy atom. The molecule has 1 aromatic heterocycles. The van der Waals surface area contributed by atoms with E-state index in [9.17, 15) is 14.9 Å². The number of rotatable bonds is 4. The molecular weight excluding hydrogens is 276 g/mol. The highest BCUT2D eigenvalue weighted by Crippen LogP contribution is 2.27. The second kappa shape index (κ2) is 6.04. The van der Waals surface area contributed by atoms with Crippen LogP contribution in [0.25, 0.3) is 0 Å². The van der Waals surface area contributed by atoms with Crippen molar-refractivity contribution in [1.82, 2.24) is 9.78 Å². The highest BCUT2D eigenvalue weighted by molar-refractivity contribution is 5.86. The highest BCUT2D eigenvalue weighted by atomic mass is 16.6. The van der Waals surface area contributed by atoms with Gasteiger partial charge in [0.1, 0.15) is 12.3 Å². The number of hydrogen-bond acceptors (Lipinski definition) is 5. The van der Waals surface area contributed by atoms with E-state index in [-0.39, 0.29) is 23.8 Å². The van der Waals surface area contributed by atoms with Crippen LogP contribution >= 0.6 is 0 Å². The lowest BCUT2D eigenvalue weighted by molar-refractivity contribution is -0.384. The van der Waals surface area contributed by atoms with Crippen molar-refractivity contribution in [2.45, 2.75) is 13.5 Å². The summed E-state index contributed by atoms with van der Waals surface area (Å²) in [4.78, 5) is 22.1. The molecule has 0 aliphatic rings. The summed E-state index contributed by atoms with van der Waals surface area (Å²) < 4.78 is 6.25. The van der Waals surface area contributed by atoms with Gasteiger partial charge in [-0.3, -0.25) is 15.4 Å². The van der Waals surface area contributed by atoms with E-state index in [4.69, 9.17) is 4.74 Å². The lowest BCUT2D eigenvalue weighted by Crippen LogP contribution is -2.16. The maximum Gasteiger partial charge on any atom is 0.413 e. The van der Waals surface area contributed by atoms with Crippen molar-refractivity contribution in [3.8, 4) is 0 Å². The molecule has 110 valence electrons. The third-order valence-corrected chi connectivity index (χ3v) is 2.81. The lowest BCUT2D eigenvalue weighted by atomic mass is 10.2. The van der Waals surface area contributed by atoms with Crippen molar-refractivity contribution in [2.24, 2.45) is 7.05 Å². The fraction of sp³-hybridized carbons (Fsp3) is 0.231. The number of carbonyl (C=O) groups excluding carboxylic acids is 1. The molecule has 0 spiro atoms. The zero-order valence-electron chi connectivity index (χ0n) is 11.6. The van der Waals surface area contributed by atoms with Gasteiger partial charge in [-0.25, -0.2) is 9.48 Å². The number of nitrogens with one attached hydrogen (secondary N) is 1. The van der Waals surface area contributed by atoms with E-state index in [0.29, 0.717) is 0 Å². The number of ether oxygens (including phenoxy) is 1. The molecule has 1 N–H and O–H groups in total. The number of nitrogens with zero attached hydrogens (tertiary/aromatic N) is 3. The number of nitro groups is 1. The molecule has 1 amide bonds. The summed E-state index contributed by atoms with van der Waals surface area (Å²) in [5.74, 6) is -0.00411. The van der Waals surface area contributed by atoms with E-state index in [1.807, 2.05) is 30.3 Å². The minimum atomic E-state index is -0.773. The van der Waals surface area contributed by atoms with Crippen molar-refractivity contribution in [3.05, 3.63) is 51.7 Å². The molecule has 0 fully saturated rings. The van der Waals surface area contributed by atoms with Gasteiger partial charge in [0, 0.05) is 7.05 Å². The molecular formula is C13H14N4O4. The molecule has 0 aliphatic heterocycles. The van der Waals surface area contributed by atoms with Crippen molar-refractivity contribution in [3.63, 3.8) is 0 Å². The number of anilines is 1. The number of carbonyl (C=O) groups is 1. The number of aryl methyl sites for hydroxylation is 2. The predicted molar refractivity (Wildman–Crippen MR) is 74.8 cm³/mol. The van der Waals surface area contributed by atoms with Crippen LogP contribution in [0.3, 0.4) is 0 Å². The summed E-state index contributed by atoms with van der Waals surface area (Å²) in [6.45, 7) is 1.58. The quantitative estimate of drug-likeness (QED) is 0.688. The van der Waals surface area contributed by atoms with Crippen LogP contribution in [0.15, 0.2) is 30.3 Å². The van der Waals surface area contributed by atoms with Crippen LogP contribution in [0, 0.1) is 17.0 Å². The lowest BCUT2D eigenvalue weighted by Gasteiger charge is -2.06. The van der Waals surface area contributed by atoms with Crippen LogP contribution in [0.4, 0.5) is 16.3 Å². The molecule has 0 unspecified atom stereocenters. The largest absolute Gasteiger partial charge is 0.444 e. The molecule has 8 nitrogen and oxygen atoms in total. The Hall–Kier alpha value is -2.90. The van der Waals surface area contributed by atoms with Crippen LogP contribution < -0.4 is 5.32 Å². The van der Waals surface area contributed by atoms with Gasteiger partial charge in [0.25, 0.3) is 0 Å². The second-order valence-corrected chi connectivity index (χ2v) is 4.35. The van der Waals surface area contributed by atoms with E-state index < -0.39 is 11.0 Å². The molecule has 2 rings (SSSR count). The van der Waals surface area contributed by atoms with E-state index in [0.717, 1.165) is 5.56 Å². The third-order valence-electron chi connectivity index (χ3n) is 2.81. The third kappa shape index (κ3) is 3.35. The van der Waals surface area contributed by atoms with Gasteiger partial charge in [-0.2, -0.15) is 5.10 Å². The maximum absolute atomic E-state index is 11.7. The normalized spacial score (nSPS) is 10.2. The van der Waals surface area contributed by atoms with Gasteiger partial charge in [-0.15, -0.1) is 0 Å². The van der Waals surface area contributed by atoms with Crippen molar-refractivity contribution in [2.75, 3.05) is 5.32 Å². The molecule has 21 heavy (non-hydrogen) atoms. The average molecular weight is 290 g/mol. The van der Waals surface area contributed by atoms with E-state index >= 15 is 0 Å². The first-order chi connectivity index (χ1) is 9.99. The van der Waals surface area contributed by atoms with Gasteiger partial charge in [0.05, 0.1) is 4.92 Å². The molecule has 1 heterocycles. The minimum absolute atomic E-state index is 0.00411. The maximum atomic E-state index is 11.7. The first-order valence-corrected chi connectivity index (χ1v) is 6.14. The molecule has 0 saturated heterocycles. The number of hydrogen-bond donors (Lipinski definition) is 1. The second-order valence-electron chi connectivity index (χ2n) is 4.35. The predicted octanol–water partition coefficient (Wildman–Crippen LogP) is 2.39. The van der Waals surface area contributed by atoms with Crippen LogP contribution in [-0.2, 0) is 18.4 Å². The Balaban J connectivity index is 2.05. The Labute approximate surface area is 120 Å². The SMILES string of the molecule is Cc1nn(C)c(NC(=O)OCc2ccccc2)c1[N+](=O)[O-]. The molecule has 0 saturated carbocycles. The van der Waals surface area contributed by atoms with E-state index in [1.165, 1.54) is 18.7 Å². The van der Waals surface area contributed by atoms with Gasteiger partial charge in [0.2, 0.25) is 5.82 Å². The zero-order valence-corrected chi connectivity index (χ0v) is 11.6. The molecule has 0 aliphatic carbocycles. The van der Waals surface area contributed by atoms with Crippen LogP contribution in [0.2, 0.25) is 0 Å². The average Bonchev–Trinajstić information content (AvgIpc) is 2.72. The summed E-state index contributed by atoms with van der Waals surface area (Å²) in [6.07, 6.45) is -0.773. The monoisotopic (exact) mass is 290 g/mol.